The van der Waals surface area contributed by atoms with Crippen LogP contribution < -0.4 is 15.2 Å². The van der Waals surface area contributed by atoms with E-state index in [0.29, 0.717) is 37.6 Å². The van der Waals surface area contributed by atoms with Crippen molar-refractivity contribution in [3.05, 3.63) is 51.9 Å². The van der Waals surface area contributed by atoms with E-state index in [1.807, 2.05) is 19.0 Å². The molecule has 2 N–H and O–H groups in total. The first-order valence-corrected chi connectivity index (χ1v) is 11.3. The summed E-state index contributed by atoms with van der Waals surface area (Å²) >= 11 is 0. The number of aromatic amines is 1. The molecule has 0 unspecified atom stereocenters. The number of carbonyl (C=O) groups is 1. The number of aromatic nitrogens is 2. The van der Waals surface area contributed by atoms with Crippen LogP contribution in [0.25, 0.3) is 0 Å². The zero-order valence-electron chi connectivity index (χ0n) is 17.4. The Morgan fingerprint density at radius 3 is 2.63 bits per heavy atom. The smallest absolute Gasteiger partial charge is 0.252 e. The molecule has 1 amide bonds. The van der Waals surface area contributed by atoms with Crippen LogP contribution in [0.2, 0.25) is 0 Å². The molecule has 1 aliphatic rings. The Hall–Kier alpha value is -2.72. The Labute approximate surface area is 176 Å². The molecule has 10 heteroatoms. The molecule has 0 bridgehead atoms. The van der Waals surface area contributed by atoms with E-state index in [0.717, 1.165) is 12.0 Å². The lowest BCUT2D eigenvalue weighted by Crippen LogP contribution is -2.29. The van der Waals surface area contributed by atoms with Crippen molar-refractivity contribution < 1.29 is 13.2 Å². The third-order valence-electron chi connectivity index (χ3n) is 5.26. The lowest BCUT2D eigenvalue weighted by Gasteiger charge is -2.17. The normalized spacial score (nSPS) is 16.6. The third-order valence-corrected chi connectivity index (χ3v) is 6.69. The molecule has 9 nitrogen and oxygen atoms in total. The summed E-state index contributed by atoms with van der Waals surface area (Å²) in [4.78, 5) is 35.5. The van der Waals surface area contributed by atoms with Crippen molar-refractivity contribution in [1.82, 2.24) is 19.6 Å². The van der Waals surface area contributed by atoms with Crippen LogP contribution >= 0.6 is 0 Å². The summed E-state index contributed by atoms with van der Waals surface area (Å²) in [6, 6.07) is 8.05. The summed E-state index contributed by atoms with van der Waals surface area (Å²) in [6.07, 6.45) is 1.65. The number of anilines is 1. The molecule has 1 fully saturated rings. The number of carbonyl (C=O) groups excluding carboxylic acids is 1. The predicted molar refractivity (Wildman–Crippen MR) is 114 cm³/mol. The standard InChI is InChI=1S/C20H27N5O4S/c1-21-30(28,29)16-7-4-14(5-8-16)6-9-19(27)25-11-10-15(13-25)17-12-18(26)23-20(22-17)24(2)3/h4-5,7-8,12,15,21H,6,9-11,13H2,1-3H3,(H,22,23,26)/t15-/m0/s1. The fourth-order valence-corrected chi connectivity index (χ4v) is 4.20. The number of sulfonamides is 1. The van der Waals surface area contributed by atoms with Gasteiger partial charge in [-0.3, -0.25) is 14.6 Å². The van der Waals surface area contributed by atoms with Crippen LogP contribution in [0, 0.1) is 0 Å². The van der Waals surface area contributed by atoms with Crippen LogP contribution in [0.15, 0.2) is 40.0 Å². The van der Waals surface area contributed by atoms with Gasteiger partial charge in [-0.1, -0.05) is 12.1 Å². The van der Waals surface area contributed by atoms with Crippen molar-refractivity contribution in [3.63, 3.8) is 0 Å². The number of aryl methyl sites for hydroxylation is 1. The number of nitrogens with zero attached hydrogens (tertiary/aromatic N) is 3. The molecular weight excluding hydrogens is 406 g/mol. The Morgan fingerprint density at radius 1 is 1.30 bits per heavy atom. The van der Waals surface area contributed by atoms with Gasteiger partial charge in [-0.25, -0.2) is 18.1 Å². The van der Waals surface area contributed by atoms with Gasteiger partial charge in [0.15, 0.2) is 0 Å². The topological polar surface area (TPSA) is 115 Å². The molecular formula is C20H27N5O4S. The Morgan fingerprint density at radius 2 is 2.00 bits per heavy atom. The molecule has 3 rings (SSSR count). The number of benzene rings is 1. The van der Waals surface area contributed by atoms with Gasteiger partial charge in [-0.05, 0) is 37.6 Å². The van der Waals surface area contributed by atoms with E-state index in [9.17, 15) is 18.0 Å². The van der Waals surface area contributed by atoms with Gasteiger partial charge >= 0.3 is 0 Å². The highest BCUT2D eigenvalue weighted by Crippen LogP contribution is 2.26. The summed E-state index contributed by atoms with van der Waals surface area (Å²) < 4.78 is 25.8. The minimum atomic E-state index is -3.46. The fourth-order valence-electron chi connectivity index (χ4n) is 3.47. The first-order chi connectivity index (χ1) is 14.2. The maximum absolute atomic E-state index is 12.6. The number of amides is 1. The Bertz CT molecular complexity index is 1060. The Kier molecular flexibility index (Phi) is 6.57. The van der Waals surface area contributed by atoms with Crippen LogP contribution in [0.1, 0.15) is 30.0 Å². The minimum Gasteiger partial charge on any atom is -0.348 e. The van der Waals surface area contributed by atoms with Crippen molar-refractivity contribution in [2.24, 2.45) is 0 Å². The van der Waals surface area contributed by atoms with Gasteiger partial charge in [0, 0.05) is 45.6 Å². The van der Waals surface area contributed by atoms with E-state index in [1.54, 1.807) is 29.2 Å². The molecule has 1 aliphatic heterocycles. The summed E-state index contributed by atoms with van der Waals surface area (Å²) in [5, 5.41) is 0. The lowest BCUT2D eigenvalue weighted by atomic mass is 10.0. The maximum Gasteiger partial charge on any atom is 0.252 e. The highest BCUT2D eigenvalue weighted by atomic mass is 32.2. The van der Waals surface area contributed by atoms with Crippen molar-refractivity contribution in [2.45, 2.75) is 30.1 Å². The van der Waals surface area contributed by atoms with Crippen molar-refractivity contribution >= 4 is 21.9 Å². The Balaban J connectivity index is 1.58. The van der Waals surface area contributed by atoms with Gasteiger partial charge < -0.3 is 9.80 Å². The monoisotopic (exact) mass is 433 g/mol. The quantitative estimate of drug-likeness (QED) is 0.664. The highest BCUT2D eigenvalue weighted by molar-refractivity contribution is 7.89. The first kappa shape index (κ1) is 22.0. The highest BCUT2D eigenvalue weighted by Gasteiger charge is 2.28. The predicted octanol–water partition coefficient (Wildman–Crippen LogP) is 0.693. The third kappa shape index (κ3) is 5.06. The summed E-state index contributed by atoms with van der Waals surface area (Å²) in [5.74, 6) is 0.592. The second kappa shape index (κ2) is 8.97. The molecule has 0 radical (unpaired) electrons. The molecule has 2 aromatic rings. The summed E-state index contributed by atoms with van der Waals surface area (Å²) in [5.41, 5.74) is 1.41. The molecule has 1 atom stereocenters. The van der Waals surface area contributed by atoms with Gasteiger partial charge in [0.25, 0.3) is 5.56 Å². The second-order valence-electron chi connectivity index (χ2n) is 7.57. The molecule has 162 valence electrons. The molecule has 2 heterocycles. The van der Waals surface area contributed by atoms with E-state index in [-0.39, 0.29) is 22.3 Å². The van der Waals surface area contributed by atoms with E-state index in [2.05, 4.69) is 14.7 Å². The van der Waals surface area contributed by atoms with Crippen LogP contribution in [-0.2, 0) is 21.2 Å². The minimum absolute atomic E-state index is 0.0426. The zero-order valence-corrected chi connectivity index (χ0v) is 18.2. The molecule has 0 saturated carbocycles. The number of hydrogen-bond acceptors (Lipinski definition) is 6. The molecule has 1 aromatic heterocycles. The fraction of sp³-hybridized carbons (Fsp3) is 0.450. The largest absolute Gasteiger partial charge is 0.348 e. The average Bonchev–Trinajstić information content (AvgIpc) is 3.22. The summed E-state index contributed by atoms with van der Waals surface area (Å²) in [6.45, 7) is 1.18. The average molecular weight is 434 g/mol. The number of likely N-dealkylation sites (tertiary alicyclic amines) is 1. The van der Waals surface area contributed by atoms with Gasteiger partial charge in [-0.2, -0.15) is 0 Å². The van der Waals surface area contributed by atoms with E-state index in [4.69, 9.17) is 0 Å². The second-order valence-corrected chi connectivity index (χ2v) is 9.45. The zero-order chi connectivity index (χ0) is 21.9. The molecule has 30 heavy (non-hydrogen) atoms. The number of rotatable bonds is 7. The number of nitrogens with one attached hydrogen (secondary N) is 2. The van der Waals surface area contributed by atoms with Crippen LogP contribution in [0.4, 0.5) is 5.95 Å². The van der Waals surface area contributed by atoms with Crippen molar-refractivity contribution in [3.8, 4) is 0 Å². The molecule has 1 saturated heterocycles. The van der Waals surface area contributed by atoms with Crippen LogP contribution in [0.5, 0.6) is 0 Å². The van der Waals surface area contributed by atoms with Gasteiger partial charge in [0.1, 0.15) is 0 Å². The number of hydrogen-bond donors (Lipinski definition) is 2. The summed E-state index contributed by atoms with van der Waals surface area (Å²) in [7, 11) is 1.53. The molecule has 0 aliphatic carbocycles. The molecule has 1 aromatic carbocycles. The maximum atomic E-state index is 12.6. The van der Waals surface area contributed by atoms with Gasteiger partial charge in [0.2, 0.25) is 21.9 Å². The van der Waals surface area contributed by atoms with E-state index in [1.165, 1.54) is 13.1 Å². The van der Waals surface area contributed by atoms with Gasteiger partial charge in [-0.15, -0.1) is 0 Å². The number of H-pyrrole nitrogens is 1. The van der Waals surface area contributed by atoms with Gasteiger partial charge in [0.05, 0.1) is 10.6 Å². The van der Waals surface area contributed by atoms with Crippen molar-refractivity contribution in [2.75, 3.05) is 39.1 Å². The van der Waals surface area contributed by atoms with Crippen LogP contribution in [0.3, 0.4) is 0 Å². The SMILES string of the molecule is CNS(=O)(=O)c1ccc(CCC(=O)N2CC[C@H](c3cc(=O)[nH]c(N(C)C)n3)C2)cc1. The first-order valence-electron chi connectivity index (χ1n) is 9.78. The van der Waals surface area contributed by atoms with E-state index < -0.39 is 10.0 Å². The van der Waals surface area contributed by atoms with E-state index >= 15 is 0 Å². The lowest BCUT2D eigenvalue weighted by molar-refractivity contribution is -0.130. The van der Waals surface area contributed by atoms with Crippen LogP contribution in [-0.4, -0.2) is 63.4 Å². The van der Waals surface area contributed by atoms with Crippen molar-refractivity contribution in [1.29, 1.82) is 0 Å². The molecule has 0 spiro atoms.